The first-order chi connectivity index (χ1) is 14.2. The summed E-state index contributed by atoms with van der Waals surface area (Å²) in [5, 5.41) is 13.3. The number of amides is 1. The summed E-state index contributed by atoms with van der Waals surface area (Å²) >= 11 is 1.60. The third kappa shape index (κ3) is 4.04. The molecule has 4 rings (SSSR count). The van der Waals surface area contributed by atoms with Crippen LogP contribution in [0.5, 0.6) is 5.75 Å². The fourth-order valence-electron chi connectivity index (χ4n) is 3.13. The number of carbonyl (C=O) groups is 1. The molecule has 0 atom stereocenters. The van der Waals surface area contributed by atoms with Gasteiger partial charge in [-0.1, -0.05) is 42.1 Å². The van der Waals surface area contributed by atoms with E-state index in [0.717, 1.165) is 15.4 Å². The van der Waals surface area contributed by atoms with Crippen LogP contribution in [0.4, 0.5) is 5.69 Å². The SMILES string of the molecule is COCCNC(=O)c1ccc2c(c1)N=C(c1ccccc1O)c1ccccc1S2. The molecule has 0 fully saturated rings. The summed E-state index contributed by atoms with van der Waals surface area (Å²) in [5.74, 6) is -0.00103. The smallest absolute Gasteiger partial charge is 0.251 e. The topological polar surface area (TPSA) is 70.9 Å². The van der Waals surface area contributed by atoms with Crippen molar-refractivity contribution in [3.8, 4) is 5.75 Å². The van der Waals surface area contributed by atoms with Crippen LogP contribution in [-0.4, -0.2) is 37.0 Å². The Morgan fingerprint density at radius 3 is 2.59 bits per heavy atom. The van der Waals surface area contributed by atoms with Gasteiger partial charge < -0.3 is 15.2 Å². The number of phenols is 1. The highest BCUT2D eigenvalue weighted by Gasteiger charge is 2.21. The van der Waals surface area contributed by atoms with Crippen molar-refractivity contribution in [1.82, 2.24) is 5.32 Å². The number of ether oxygens (including phenoxy) is 1. The van der Waals surface area contributed by atoms with Crippen LogP contribution in [0.2, 0.25) is 0 Å². The molecule has 29 heavy (non-hydrogen) atoms. The molecular weight excluding hydrogens is 384 g/mol. The Hall–Kier alpha value is -3.09. The zero-order valence-corrected chi connectivity index (χ0v) is 16.7. The molecule has 1 heterocycles. The molecule has 146 valence electrons. The van der Waals surface area contributed by atoms with Crippen LogP contribution in [0.1, 0.15) is 21.5 Å². The van der Waals surface area contributed by atoms with E-state index in [0.29, 0.717) is 35.7 Å². The van der Waals surface area contributed by atoms with E-state index in [4.69, 9.17) is 9.73 Å². The van der Waals surface area contributed by atoms with Gasteiger partial charge in [-0.2, -0.15) is 0 Å². The standard InChI is InChI=1S/C23H20N2O3S/c1-28-13-12-24-23(27)15-10-11-21-18(14-15)25-22(16-6-2-4-8-19(16)26)17-7-3-5-9-20(17)29-21/h2-11,14,26H,12-13H2,1H3,(H,24,27). The number of carbonyl (C=O) groups excluding carboxylic acids is 1. The number of hydrogen-bond donors (Lipinski definition) is 2. The highest BCUT2D eigenvalue weighted by Crippen LogP contribution is 2.42. The fourth-order valence-corrected chi connectivity index (χ4v) is 4.13. The van der Waals surface area contributed by atoms with Crippen LogP contribution in [0.15, 0.2) is 81.5 Å². The van der Waals surface area contributed by atoms with Gasteiger partial charge in [-0.15, -0.1) is 0 Å². The van der Waals surface area contributed by atoms with Crippen molar-refractivity contribution in [2.24, 2.45) is 4.99 Å². The predicted octanol–water partition coefficient (Wildman–Crippen LogP) is 4.40. The molecule has 6 heteroatoms. The fraction of sp³-hybridized carbons (Fsp3) is 0.130. The van der Waals surface area contributed by atoms with Gasteiger partial charge in [0.1, 0.15) is 5.75 Å². The van der Waals surface area contributed by atoms with Gasteiger partial charge in [-0.3, -0.25) is 4.79 Å². The molecule has 1 aliphatic heterocycles. The van der Waals surface area contributed by atoms with Crippen molar-refractivity contribution < 1.29 is 14.6 Å². The molecule has 0 aliphatic carbocycles. The van der Waals surface area contributed by atoms with Crippen molar-refractivity contribution in [1.29, 1.82) is 0 Å². The van der Waals surface area contributed by atoms with E-state index >= 15 is 0 Å². The van der Waals surface area contributed by atoms with Crippen molar-refractivity contribution >= 4 is 29.1 Å². The van der Waals surface area contributed by atoms with E-state index < -0.39 is 0 Å². The molecule has 1 aliphatic rings. The molecule has 5 nitrogen and oxygen atoms in total. The molecule has 3 aromatic rings. The van der Waals surface area contributed by atoms with Gasteiger partial charge in [0.25, 0.3) is 5.91 Å². The maximum atomic E-state index is 12.5. The first kappa shape index (κ1) is 19.2. The number of phenolic OH excluding ortho intramolecular Hbond substituents is 1. The highest BCUT2D eigenvalue weighted by atomic mass is 32.2. The summed E-state index contributed by atoms with van der Waals surface area (Å²) in [7, 11) is 1.60. The number of hydrogen-bond acceptors (Lipinski definition) is 5. The average Bonchev–Trinajstić information content (AvgIpc) is 2.90. The Balaban J connectivity index is 1.81. The van der Waals surface area contributed by atoms with E-state index in [1.165, 1.54) is 0 Å². The van der Waals surface area contributed by atoms with Crippen LogP contribution in [-0.2, 0) is 4.74 Å². The summed E-state index contributed by atoms with van der Waals surface area (Å²) in [6, 6.07) is 20.6. The first-order valence-corrected chi connectivity index (χ1v) is 10.0. The minimum absolute atomic E-state index is 0.169. The minimum Gasteiger partial charge on any atom is -0.507 e. The van der Waals surface area contributed by atoms with Gasteiger partial charge in [0.05, 0.1) is 18.0 Å². The minimum atomic E-state index is -0.170. The monoisotopic (exact) mass is 404 g/mol. The third-order valence-corrected chi connectivity index (χ3v) is 5.71. The summed E-state index contributed by atoms with van der Waals surface area (Å²) in [6.07, 6.45) is 0. The number of para-hydroxylation sites is 1. The van der Waals surface area contributed by atoms with Crippen molar-refractivity contribution in [2.75, 3.05) is 20.3 Å². The van der Waals surface area contributed by atoms with Gasteiger partial charge in [0.15, 0.2) is 0 Å². The van der Waals surface area contributed by atoms with E-state index in [1.54, 1.807) is 43.1 Å². The Morgan fingerprint density at radius 1 is 1.03 bits per heavy atom. The lowest BCUT2D eigenvalue weighted by Gasteiger charge is -2.10. The van der Waals surface area contributed by atoms with Crippen LogP contribution >= 0.6 is 11.8 Å². The second-order valence-corrected chi connectivity index (χ2v) is 7.59. The molecule has 0 saturated heterocycles. The molecule has 3 aromatic carbocycles. The number of methoxy groups -OCH3 is 1. The maximum Gasteiger partial charge on any atom is 0.251 e. The van der Waals surface area contributed by atoms with Crippen LogP contribution in [0, 0.1) is 0 Å². The van der Waals surface area contributed by atoms with Crippen LogP contribution in [0.3, 0.4) is 0 Å². The lowest BCUT2D eigenvalue weighted by atomic mass is 10.0. The molecule has 0 aromatic heterocycles. The Kier molecular flexibility index (Phi) is 5.64. The molecule has 0 saturated carbocycles. The van der Waals surface area contributed by atoms with Gasteiger partial charge >= 0.3 is 0 Å². The van der Waals surface area contributed by atoms with E-state index in [-0.39, 0.29) is 11.7 Å². The number of rotatable bonds is 5. The largest absolute Gasteiger partial charge is 0.507 e. The van der Waals surface area contributed by atoms with Crippen LogP contribution < -0.4 is 5.32 Å². The number of nitrogens with zero attached hydrogens (tertiary/aromatic N) is 1. The second-order valence-electron chi connectivity index (χ2n) is 6.51. The second kappa shape index (κ2) is 8.51. The average molecular weight is 404 g/mol. The number of aliphatic imine (C=N–C) groups is 1. The number of nitrogens with one attached hydrogen (secondary N) is 1. The van der Waals surface area contributed by atoms with E-state index in [2.05, 4.69) is 5.32 Å². The number of aromatic hydroxyl groups is 1. The zero-order valence-electron chi connectivity index (χ0n) is 15.9. The lowest BCUT2D eigenvalue weighted by molar-refractivity contribution is 0.0937. The summed E-state index contributed by atoms with van der Waals surface area (Å²) in [5.41, 5.74) is 3.52. The number of fused-ring (bicyclic) bond motifs is 2. The van der Waals surface area contributed by atoms with Crippen LogP contribution in [0.25, 0.3) is 0 Å². The molecule has 0 unspecified atom stereocenters. The quantitative estimate of drug-likeness (QED) is 0.484. The third-order valence-electron chi connectivity index (χ3n) is 4.57. The van der Waals surface area contributed by atoms with Crippen molar-refractivity contribution in [2.45, 2.75) is 9.79 Å². The normalized spacial score (nSPS) is 12.4. The molecular formula is C23H20N2O3S. The van der Waals surface area contributed by atoms with Gasteiger partial charge in [0.2, 0.25) is 0 Å². The summed E-state index contributed by atoms with van der Waals surface area (Å²) in [4.78, 5) is 19.3. The van der Waals surface area contributed by atoms with Gasteiger partial charge in [-0.05, 0) is 36.4 Å². The number of benzene rings is 3. The van der Waals surface area contributed by atoms with Crippen molar-refractivity contribution in [3.63, 3.8) is 0 Å². The van der Waals surface area contributed by atoms with E-state index in [1.807, 2.05) is 42.5 Å². The maximum absolute atomic E-state index is 12.5. The first-order valence-electron chi connectivity index (χ1n) is 9.23. The van der Waals surface area contributed by atoms with E-state index in [9.17, 15) is 9.90 Å². The Labute approximate surface area is 173 Å². The molecule has 2 N–H and O–H groups in total. The van der Waals surface area contributed by atoms with Gasteiger partial charge in [-0.25, -0.2) is 4.99 Å². The van der Waals surface area contributed by atoms with Gasteiger partial charge in [0, 0.05) is 40.1 Å². The summed E-state index contributed by atoms with van der Waals surface area (Å²) in [6.45, 7) is 0.899. The van der Waals surface area contributed by atoms with Crippen molar-refractivity contribution in [3.05, 3.63) is 83.4 Å². The molecule has 0 bridgehead atoms. The molecule has 0 radical (unpaired) electrons. The zero-order chi connectivity index (χ0) is 20.2. The highest BCUT2D eigenvalue weighted by molar-refractivity contribution is 7.99. The Morgan fingerprint density at radius 2 is 1.79 bits per heavy atom. The predicted molar refractivity (Wildman–Crippen MR) is 115 cm³/mol. The molecule has 1 amide bonds. The molecule has 0 spiro atoms. The lowest BCUT2D eigenvalue weighted by Crippen LogP contribution is -2.26. The Bertz CT molecular complexity index is 1090. The summed E-state index contributed by atoms with van der Waals surface area (Å²) < 4.78 is 4.98.